The monoisotopic (exact) mass is 296 g/mol. The summed E-state index contributed by atoms with van der Waals surface area (Å²) in [7, 11) is 5.83. The van der Waals surface area contributed by atoms with E-state index in [9.17, 15) is 4.79 Å². The fourth-order valence-electron chi connectivity index (χ4n) is 2.98. The van der Waals surface area contributed by atoms with E-state index in [0.717, 1.165) is 41.4 Å². The fourth-order valence-corrected chi connectivity index (χ4v) is 2.98. The number of aromatic amines is 1. The predicted octanol–water partition coefficient (Wildman–Crippen LogP) is 3.03. The van der Waals surface area contributed by atoms with Gasteiger partial charge >= 0.3 is 6.09 Å². The molecule has 0 unspecified atom stereocenters. The van der Waals surface area contributed by atoms with Crippen LogP contribution in [0.5, 0.6) is 0 Å². The fraction of sp³-hybridized carbons (Fsp3) is 0.471. The summed E-state index contributed by atoms with van der Waals surface area (Å²) in [6, 6.07) is 7.92. The van der Waals surface area contributed by atoms with E-state index in [1.165, 1.54) is 0 Å². The number of hydrogen-bond acceptors (Lipinski definition) is 2. The van der Waals surface area contributed by atoms with Gasteiger partial charge in [0.2, 0.25) is 0 Å². The van der Waals surface area contributed by atoms with Crippen molar-refractivity contribution in [3.05, 3.63) is 30.0 Å². The number of nitrogens with zero attached hydrogens (tertiary/aromatic N) is 1. The Labute approximate surface area is 132 Å². The second-order valence-electron chi connectivity index (χ2n) is 6.90. The largest absolute Gasteiger partial charge is 0.444 e. The van der Waals surface area contributed by atoms with Crippen LogP contribution in [0.2, 0.25) is 0 Å². The van der Waals surface area contributed by atoms with Gasteiger partial charge in [0.25, 0.3) is 0 Å². The first kappa shape index (κ1) is 15.0. The lowest BCUT2D eigenvalue weighted by atomic mass is 9.95. The number of hydrogen-bond donors (Lipinski definition) is 1. The van der Waals surface area contributed by atoms with Crippen molar-refractivity contribution in [1.82, 2.24) is 9.88 Å². The molecule has 2 aromatic rings. The lowest BCUT2D eigenvalue weighted by Crippen LogP contribution is -2.36. The molecule has 114 valence electrons. The Morgan fingerprint density at radius 3 is 2.86 bits per heavy atom. The molecule has 0 saturated carbocycles. The molecule has 0 aliphatic carbocycles. The molecule has 3 rings (SSSR count). The van der Waals surface area contributed by atoms with Crippen LogP contribution in [0.1, 0.15) is 45.3 Å². The van der Waals surface area contributed by atoms with Crippen LogP contribution < -0.4 is 5.46 Å². The Morgan fingerprint density at radius 1 is 1.36 bits per heavy atom. The summed E-state index contributed by atoms with van der Waals surface area (Å²) in [5.41, 5.74) is 2.36. The maximum atomic E-state index is 12.4. The Bertz CT molecular complexity index is 702. The second-order valence-corrected chi connectivity index (χ2v) is 6.90. The summed E-state index contributed by atoms with van der Waals surface area (Å²) in [5.74, 6) is 0. The average Bonchev–Trinajstić information content (AvgIpc) is 3.01. The van der Waals surface area contributed by atoms with Crippen LogP contribution in [0.25, 0.3) is 10.9 Å². The van der Waals surface area contributed by atoms with E-state index in [-0.39, 0.29) is 12.1 Å². The number of benzene rings is 1. The third-order valence-electron chi connectivity index (χ3n) is 3.91. The number of fused-ring (bicyclic) bond motifs is 1. The molecule has 1 aliphatic rings. The van der Waals surface area contributed by atoms with Gasteiger partial charge in [-0.3, -0.25) is 4.90 Å². The van der Waals surface area contributed by atoms with Gasteiger partial charge in [0.05, 0.1) is 6.04 Å². The highest BCUT2D eigenvalue weighted by molar-refractivity contribution is 6.33. The molecule has 1 aromatic heterocycles. The number of aromatic nitrogens is 1. The van der Waals surface area contributed by atoms with Crippen molar-refractivity contribution in [1.29, 1.82) is 0 Å². The normalized spacial score (nSPS) is 18.9. The van der Waals surface area contributed by atoms with Crippen LogP contribution in [-0.2, 0) is 4.74 Å². The lowest BCUT2D eigenvalue weighted by Gasteiger charge is -2.28. The molecule has 22 heavy (non-hydrogen) atoms. The molecule has 0 bridgehead atoms. The van der Waals surface area contributed by atoms with Gasteiger partial charge in [-0.1, -0.05) is 17.6 Å². The minimum absolute atomic E-state index is 0.0449. The van der Waals surface area contributed by atoms with E-state index in [1.54, 1.807) is 0 Å². The number of amides is 1. The van der Waals surface area contributed by atoms with E-state index >= 15 is 0 Å². The standard InChI is InChI=1S/C17H21BN2O2/c1-17(2,3)22-16(21)20-8-4-5-15(20)14-10-11-9-12(18)6-7-13(11)19-14/h6-7,9-10,15,19H,4-5,8H2,1-3H3/t15-/m0/s1. The van der Waals surface area contributed by atoms with Crippen molar-refractivity contribution < 1.29 is 9.53 Å². The minimum atomic E-state index is -0.473. The van der Waals surface area contributed by atoms with Crippen molar-refractivity contribution in [2.45, 2.75) is 45.3 Å². The molecule has 1 fully saturated rings. The van der Waals surface area contributed by atoms with E-state index in [1.807, 2.05) is 43.9 Å². The Morgan fingerprint density at radius 2 is 2.14 bits per heavy atom. The molecule has 1 aliphatic heterocycles. The summed E-state index contributed by atoms with van der Waals surface area (Å²) >= 11 is 0. The summed E-state index contributed by atoms with van der Waals surface area (Å²) < 4.78 is 5.52. The summed E-state index contributed by atoms with van der Waals surface area (Å²) in [6.07, 6.45) is 1.69. The van der Waals surface area contributed by atoms with Gasteiger partial charge in [0.1, 0.15) is 13.4 Å². The van der Waals surface area contributed by atoms with Crippen LogP contribution in [0.15, 0.2) is 24.3 Å². The molecule has 1 atom stereocenters. The molecular weight excluding hydrogens is 275 g/mol. The van der Waals surface area contributed by atoms with Crippen molar-refractivity contribution in [2.24, 2.45) is 0 Å². The Hall–Kier alpha value is -1.91. The Kier molecular flexibility index (Phi) is 3.67. The molecule has 1 saturated heterocycles. The first-order valence-electron chi connectivity index (χ1n) is 7.71. The molecule has 1 amide bonds. The molecule has 2 heterocycles. The maximum Gasteiger partial charge on any atom is 0.410 e. The van der Waals surface area contributed by atoms with Gasteiger partial charge in [-0.15, -0.1) is 0 Å². The quantitative estimate of drug-likeness (QED) is 0.822. The zero-order valence-electron chi connectivity index (χ0n) is 13.3. The van der Waals surface area contributed by atoms with Gasteiger partial charge in [-0.25, -0.2) is 4.79 Å². The molecule has 1 N–H and O–H groups in total. The highest BCUT2D eigenvalue weighted by Crippen LogP contribution is 2.34. The predicted molar refractivity (Wildman–Crippen MR) is 88.6 cm³/mol. The third-order valence-corrected chi connectivity index (χ3v) is 3.91. The topological polar surface area (TPSA) is 45.3 Å². The van der Waals surface area contributed by atoms with Crippen molar-refractivity contribution in [2.75, 3.05) is 6.54 Å². The molecule has 0 spiro atoms. The smallest absolute Gasteiger partial charge is 0.410 e. The summed E-state index contributed by atoms with van der Waals surface area (Å²) in [4.78, 5) is 17.6. The van der Waals surface area contributed by atoms with Gasteiger partial charge in [0.15, 0.2) is 0 Å². The minimum Gasteiger partial charge on any atom is -0.444 e. The second kappa shape index (κ2) is 5.38. The number of nitrogens with one attached hydrogen (secondary N) is 1. The highest BCUT2D eigenvalue weighted by atomic mass is 16.6. The van der Waals surface area contributed by atoms with Crippen molar-refractivity contribution in [3.8, 4) is 0 Å². The Balaban J connectivity index is 1.86. The van der Waals surface area contributed by atoms with E-state index in [2.05, 4.69) is 11.1 Å². The number of carbonyl (C=O) groups is 1. The third kappa shape index (κ3) is 2.98. The maximum absolute atomic E-state index is 12.4. The number of ether oxygens (including phenoxy) is 1. The lowest BCUT2D eigenvalue weighted by molar-refractivity contribution is 0.0222. The molecular formula is C17H21BN2O2. The summed E-state index contributed by atoms with van der Waals surface area (Å²) in [6.45, 7) is 6.40. The van der Waals surface area contributed by atoms with Crippen molar-refractivity contribution in [3.63, 3.8) is 0 Å². The average molecular weight is 296 g/mol. The van der Waals surface area contributed by atoms with Crippen LogP contribution in [0.3, 0.4) is 0 Å². The SMILES string of the molecule is [B]c1ccc2[nH]c([C@@H]3CCCN3C(=O)OC(C)(C)C)cc2c1. The van der Waals surface area contributed by atoms with Crippen LogP contribution >= 0.6 is 0 Å². The first-order valence-corrected chi connectivity index (χ1v) is 7.71. The van der Waals surface area contributed by atoms with Crippen molar-refractivity contribution >= 4 is 30.3 Å². The number of likely N-dealkylation sites (tertiary alicyclic amines) is 1. The van der Waals surface area contributed by atoms with E-state index < -0.39 is 5.60 Å². The van der Waals surface area contributed by atoms with Gasteiger partial charge in [0, 0.05) is 17.8 Å². The van der Waals surface area contributed by atoms with Gasteiger partial charge < -0.3 is 9.72 Å². The number of H-pyrrole nitrogens is 1. The van der Waals surface area contributed by atoms with E-state index in [0.29, 0.717) is 0 Å². The van der Waals surface area contributed by atoms with E-state index in [4.69, 9.17) is 12.6 Å². The van der Waals surface area contributed by atoms with Gasteiger partial charge in [-0.05, 0) is 51.1 Å². The summed E-state index contributed by atoms with van der Waals surface area (Å²) in [5, 5.41) is 1.08. The number of carbonyl (C=O) groups excluding carboxylic acids is 1. The molecule has 1 aromatic carbocycles. The van der Waals surface area contributed by atoms with Gasteiger partial charge in [-0.2, -0.15) is 0 Å². The first-order chi connectivity index (χ1) is 10.3. The zero-order chi connectivity index (χ0) is 15.9. The molecule has 4 nitrogen and oxygen atoms in total. The molecule has 5 heteroatoms. The molecule has 2 radical (unpaired) electrons. The van der Waals surface area contributed by atoms with Crippen LogP contribution in [-0.4, -0.2) is 36.0 Å². The number of rotatable bonds is 1. The highest BCUT2D eigenvalue weighted by Gasteiger charge is 2.33. The van der Waals surface area contributed by atoms with Crippen LogP contribution in [0.4, 0.5) is 4.79 Å². The van der Waals surface area contributed by atoms with Crippen LogP contribution in [0, 0.1) is 0 Å². The zero-order valence-corrected chi connectivity index (χ0v) is 13.3.